The standard InChI is InChI=1S/2ClO3.Cu/c2*2-1(3)4;/q2*-1;+2. The van der Waals surface area contributed by atoms with Crippen molar-refractivity contribution in [2.75, 3.05) is 0 Å². The van der Waals surface area contributed by atoms with Crippen molar-refractivity contribution >= 4 is 0 Å². The third-order valence-electron chi connectivity index (χ3n) is 0. The van der Waals surface area contributed by atoms with Crippen molar-refractivity contribution < 1.29 is 66.6 Å². The molecule has 0 N–H and O–H groups in total. The maximum absolute atomic E-state index is 8.41. The molecule has 0 aromatic rings. The molecule has 9 heavy (non-hydrogen) atoms. The maximum atomic E-state index is 8.41. The maximum Gasteiger partial charge on any atom is 2.00 e. The second-order valence-electron chi connectivity index (χ2n) is 0.378. The Balaban J connectivity index is -0.0000000720. The average molecular weight is 230 g/mol. The molecule has 0 amide bonds. The molecular formula is Cl2CuO6. The Morgan fingerprint density at radius 2 is 0.556 bits per heavy atom. The van der Waals surface area contributed by atoms with Crippen LogP contribution >= 0.6 is 0 Å². The van der Waals surface area contributed by atoms with Gasteiger partial charge in [-0.15, -0.1) is 0 Å². The van der Waals surface area contributed by atoms with Crippen molar-refractivity contribution in [3.05, 3.63) is 0 Å². The summed E-state index contributed by atoms with van der Waals surface area (Å²) >= 11 is 0. The van der Waals surface area contributed by atoms with Crippen LogP contribution in [-0.4, -0.2) is 0 Å². The largest absolute Gasteiger partial charge is 2.00 e. The number of halogens is 2. The summed E-state index contributed by atoms with van der Waals surface area (Å²) in [5.41, 5.74) is 0. The van der Waals surface area contributed by atoms with Crippen LogP contribution in [0.25, 0.3) is 0 Å². The molecule has 0 saturated carbocycles. The van der Waals surface area contributed by atoms with Crippen molar-refractivity contribution in [3.8, 4) is 0 Å². The van der Waals surface area contributed by atoms with E-state index >= 15 is 0 Å². The van der Waals surface area contributed by atoms with E-state index in [4.69, 9.17) is 28.0 Å². The topological polar surface area (TPSA) is 138 Å². The smallest absolute Gasteiger partial charge is 0.357 e. The first-order valence-corrected chi connectivity index (χ1v) is 2.78. The molecular weight excluding hydrogens is 230 g/mol. The quantitative estimate of drug-likeness (QED) is 0.379. The molecule has 6 nitrogen and oxygen atoms in total. The van der Waals surface area contributed by atoms with E-state index in [0.717, 1.165) is 0 Å². The van der Waals surface area contributed by atoms with Gasteiger partial charge in [0.05, 0.1) is 21.6 Å². The van der Waals surface area contributed by atoms with Gasteiger partial charge in [-0.2, -0.15) is 0 Å². The zero-order valence-electron chi connectivity index (χ0n) is 3.51. The summed E-state index contributed by atoms with van der Waals surface area (Å²) in [5, 5.41) is 0. The summed E-state index contributed by atoms with van der Waals surface area (Å²) in [5.74, 6) is 0. The summed E-state index contributed by atoms with van der Waals surface area (Å²) in [6.07, 6.45) is 0. The van der Waals surface area contributed by atoms with E-state index in [2.05, 4.69) is 0 Å². The van der Waals surface area contributed by atoms with Gasteiger partial charge in [0.15, 0.2) is 0 Å². The van der Waals surface area contributed by atoms with Crippen molar-refractivity contribution in [1.82, 2.24) is 0 Å². The summed E-state index contributed by atoms with van der Waals surface area (Å²) in [6.45, 7) is 0. The number of rotatable bonds is 0. The normalized spacial score (nSPS) is 8.00. The molecule has 0 saturated heterocycles. The number of hydrogen-bond donors (Lipinski definition) is 0. The third-order valence-corrected chi connectivity index (χ3v) is 0. The van der Waals surface area contributed by atoms with E-state index in [1.54, 1.807) is 0 Å². The molecule has 0 aliphatic rings. The Hall–Kier alpha value is 0.859. The minimum absolute atomic E-state index is 0. The molecule has 0 aromatic carbocycles. The van der Waals surface area contributed by atoms with Crippen LogP contribution in [0.3, 0.4) is 0 Å². The van der Waals surface area contributed by atoms with Gasteiger partial charge in [-0.05, 0) is 0 Å². The first-order valence-electron chi connectivity index (χ1n) is 0.926. The van der Waals surface area contributed by atoms with Gasteiger partial charge in [0.1, 0.15) is 0 Å². The molecule has 0 atom stereocenters. The molecule has 9 heteroatoms. The van der Waals surface area contributed by atoms with E-state index in [1.807, 2.05) is 0 Å². The second-order valence-corrected chi connectivity index (χ2v) is 1.13. The molecule has 0 aliphatic heterocycles. The van der Waals surface area contributed by atoms with E-state index in [1.165, 1.54) is 0 Å². The molecule has 0 rings (SSSR count). The first kappa shape index (κ1) is 16.4. The monoisotopic (exact) mass is 229 g/mol. The molecule has 0 unspecified atom stereocenters. The fourth-order valence-electron chi connectivity index (χ4n) is 0. The third kappa shape index (κ3) is 564. The van der Waals surface area contributed by atoms with Crippen LogP contribution in [-0.2, 0) is 17.1 Å². The zero-order chi connectivity index (χ0) is 7.15. The van der Waals surface area contributed by atoms with Gasteiger partial charge in [0, 0.05) is 0 Å². The van der Waals surface area contributed by atoms with E-state index < -0.39 is 21.6 Å². The van der Waals surface area contributed by atoms with Gasteiger partial charge in [0.2, 0.25) is 0 Å². The summed E-state index contributed by atoms with van der Waals surface area (Å²) in [6, 6.07) is 0. The molecule has 0 aliphatic carbocycles. The van der Waals surface area contributed by atoms with Crippen LogP contribution in [0.5, 0.6) is 0 Å². The summed E-state index contributed by atoms with van der Waals surface area (Å²) in [7, 11) is -5.70. The van der Waals surface area contributed by atoms with Crippen LogP contribution in [0.15, 0.2) is 0 Å². The SMILES string of the molecule is [Cu+2].[O-][Cl+2]([O-])[O-].[O-][Cl+2]([O-])[O-]. The van der Waals surface area contributed by atoms with Crippen LogP contribution in [0.1, 0.15) is 0 Å². The Kier molecular flexibility index (Phi) is 21.3. The predicted molar refractivity (Wildman–Crippen MR) is 0 cm³/mol. The molecule has 61 valence electrons. The van der Waals surface area contributed by atoms with Crippen molar-refractivity contribution in [2.24, 2.45) is 0 Å². The van der Waals surface area contributed by atoms with Crippen LogP contribution < -0.4 is 28.0 Å². The Labute approximate surface area is 67.0 Å². The molecule has 0 heterocycles. The minimum atomic E-state index is -2.85. The van der Waals surface area contributed by atoms with Crippen molar-refractivity contribution in [3.63, 3.8) is 0 Å². The van der Waals surface area contributed by atoms with Crippen LogP contribution in [0, 0.1) is 21.6 Å². The number of hydrogen-bond acceptors (Lipinski definition) is 6. The van der Waals surface area contributed by atoms with E-state index in [9.17, 15) is 0 Å². The zero-order valence-corrected chi connectivity index (χ0v) is 5.96. The first-order chi connectivity index (χ1) is 3.46. The van der Waals surface area contributed by atoms with Gasteiger partial charge in [0.25, 0.3) is 0 Å². The average Bonchev–Trinajstić information content (AvgIpc) is 1.25. The second kappa shape index (κ2) is 11.6. The van der Waals surface area contributed by atoms with Gasteiger partial charge < -0.3 is 28.0 Å². The Morgan fingerprint density at radius 3 is 0.556 bits per heavy atom. The van der Waals surface area contributed by atoms with Gasteiger partial charge >= 0.3 is 17.1 Å². The van der Waals surface area contributed by atoms with Gasteiger partial charge in [-0.1, -0.05) is 0 Å². The fourth-order valence-corrected chi connectivity index (χ4v) is 0. The Bertz CT molecular complexity index is 26.5. The van der Waals surface area contributed by atoms with E-state index in [0.29, 0.717) is 0 Å². The van der Waals surface area contributed by atoms with E-state index in [-0.39, 0.29) is 17.1 Å². The molecule has 0 aromatic heterocycles. The fraction of sp³-hybridized carbons (Fsp3) is 0. The van der Waals surface area contributed by atoms with Gasteiger partial charge in [-0.3, -0.25) is 0 Å². The summed E-state index contributed by atoms with van der Waals surface area (Å²) in [4.78, 5) is 0. The predicted octanol–water partition coefficient (Wildman–Crippen LogP) is -7.14. The van der Waals surface area contributed by atoms with Crippen LogP contribution in [0.2, 0.25) is 0 Å². The van der Waals surface area contributed by atoms with Crippen molar-refractivity contribution in [2.45, 2.75) is 0 Å². The minimum Gasteiger partial charge on any atom is -0.357 e. The molecule has 0 bridgehead atoms. The van der Waals surface area contributed by atoms with Crippen molar-refractivity contribution in [1.29, 1.82) is 0 Å². The molecule has 1 radical (unpaired) electrons. The molecule has 0 spiro atoms. The summed E-state index contributed by atoms with van der Waals surface area (Å²) < 4.78 is 50.4. The Morgan fingerprint density at radius 1 is 0.556 bits per heavy atom. The van der Waals surface area contributed by atoms with Gasteiger partial charge in [-0.25, -0.2) is 0 Å². The van der Waals surface area contributed by atoms with Crippen LogP contribution in [0.4, 0.5) is 0 Å². The molecule has 0 fully saturated rings.